The van der Waals surface area contributed by atoms with E-state index in [1.54, 1.807) is 11.8 Å². The number of ether oxygens (including phenoxy) is 1. The summed E-state index contributed by atoms with van der Waals surface area (Å²) in [6.45, 7) is 3.42. The summed E-state index contributed by atoms with van der Waals surface area (Å²) in [5.74, 6) is -1.00. The molecule has 0 aliphatic heterocycles. The summed E-state index contributed by atoms with van der Waals surface area (Å²) in [6, 6.07) is 2.79. The van der Waals surface area contributed by atoms with Crippen LogP contribution in [0.4, 0.5) is 51.1 Å². The van der Waals surface area contributed by atoms with E-state index in [1.807, 2.05) is 6.26 Å². The van der Waals surface area contributed by atoms with Crippen LogP contribution in [0.25, 0.3) is 0 Å². The minimum atomic E-state index is -5.15. The first kappa shape index (κ1) is 42.8. The van der Waals surface area contributed by atoms with E-state index in [4.69, 9.17) is 4.74 Å². The third-order valence-electron chi connectivity index (χ3n) is 9.44. The Morgan fingerprint density at radius 2 is 1.56 bits per heavy atom. The maximum atomic E-state index is 14.1. The number of alkyl halides is 9. The van der Waals surface area contributed by atoms with Gasteiger partial charge in [-0.05, 0) is 98.7 Å². The van der Waals surface area contributed by atoms with Gasteiger partial charge in [0.25, 0.3) is 0 Å². The second kappa shape index (κ2) is 17.7. The van der Waals surface area contributed by atoms with Gasteiger partial charge in [0.15, 0.2) is 5.75 Å². The van der Waals surface area contributed by atoms with Crippen molar-refractivity contribution in [3.05, 3.63) is 76.6 Å². The van der Waals surface area contributed by atoms with Crippen LogP contribution < -0.4 is 14.5 Å². The molecule has 3 aromatic rings. The minimum absolute atomic E-state index is 0.00606. The maximum absolute atomic E-state index is 14.1. The topological polar surface area (TPSA) is 99.0 Å². The highest BCUT2D eigenvalue weighted by molar-refractivity contribution is 7.98. The number of carbonyl (C=O) groups is 1. The lowest BCUT2D eigenvalue weighted by Crippen LogP contribution is -2.38. The number of anilines is 2. The molecule has 1 aromatic heterocycles. The summed E-state index contributed by atoms with van der Waals surface area (Å²) in [7, 11) is 0. The Balaban J connectivity index is 1.81. The number of aliphatic carboxylic acids is 1. The molecule has 1 fully saturated rings. The number of thioether (sulfide) groups is 1. The summed E-state index contributed by atoms with van der Waals surface area (Å²) in [4.78, 5) is 22.8. The molecule has 0 bridgehead atoms. The summed E-state index contributed by atoms with van der Waals surface area (Å²) in [5, 5.41) is 19.9. The summed E-state index contributed by atoms with van der Waals surface area (Å²) >= 11 is 1.51. The molecule has 1 aliphatic rings. The normalized spacial score (nSPS) is 18.6. The van der Waals surface area contributed by atoms with Crippen LogP contribution in [-0.2, 0) is 29.9 Å². The van der Waals surface area contributed by atoms with Gasteiger partial charge in [0.1, 0.15) is 0 Å². The van der Waals surface area contributed by atoms with Crippen molar-refractivity contribution in [3.8, 4) is 5.75 Å². The number of aliphatic hydroxyl groups is 1. The zero-order valence-electron chi connectivity index (χ0n) is 29.6. The van der Waals surface area contributed by atoms with Crippen LogP contribution in [0.2, 0.25) is 0 Å². The Labute approximate surface area is 310 Å². The van der Waals surface area contributed by atoms with Crippen molar-refractivity contribution in [1.29, 1.82) is 0 Å². The fraction of sp³-hybridized carbons (Fsp3) is 0.528. The van der Waals surface area contributed by atoms with E-state index in [0.29, 0.717) is 36.4 Å². The van der Waals surface area contributed by atoms with Gasteiger partial charge in [0, 0.05) is 31.1 Å². The second-order valence-electron chi connectivity index (χ2n) is 13.2. The summed E-state index contributed by atoms with van der Waals surface area (Å²) in [6.07, 6.45) is -10.6. The standard InChI is InChI=1S/C36H41F9N4O4S/c1-4-48(19-22-5-6-23(15-32(51)52)31(50)11-22)30-8-7-26(34(37,38)39)14-25(30)20-49(33-46-17-29(18-47-33)53-9-10-54-3)21(2)24-12-27(35(40,41)42)16-28(13-24)36(43,44)45/h7-8,12-14,16-18,21-23,31,50H,4-6,9-11,15,19-20H2,1-3H3,(H,51,52)/t21-,22-,23+,31+/m0/s1. The van der Waals surface area contributed by atoms with Crippen molar-refractivity contribution < 1.29 is 59.3 Å². The minimum Gasteiger partial charge on any atom is -0.489 e. The lowest BCUT2D eigenvalue weighted by Gasteiger charge is -2.37. The number of nitrogens with zero attached hydrogens (tertiary/aromatic N) is 4. The van der Waals surface area contributed by atoms with Gasteiger partial charge in [0.2, 0.25) is 5.95 Å². The molecule has 2 aromatic carbocycles. The molecule has 0 spiro atoms. The van der Waals surface area contributed by atoms with E-state index < -0.39 is 71.4 Å². The van der Waals surface area contributed by atoms with Crippen LogP contribution in [-0.4, -0.2) is 64.0 Å². The average Bonchev–Trinajstić information content (AvgIpc) is 3.09. The Morgan fingerprint density at radius 3 is 2.07 bits per heavy atom. The van der Waals surface area contributed by atoms with Crippen molar-refractivity contribution in [2.24, 2.45) is 11.8 Å². The molecular weight excluding hydrogens is 755 g/mol. The van der Waals surface area contributed by atoms with Gasteiger partial charge >= 0.3 is 24.5 Å². The van der Waals surface area contributed by atoms with Crippen LogP contribution in [0.5, 0.6) is 5.75 Å². The predicted octanol–water partition coefficient (Wildman–Crippen LogP) is 9.12. The first-order chi connectivity index (χ1) is 25.2. The summed E-state index contributed by atoms with van der Waals surface area (Å²) < 4.78 is 131. The maximum Gasteiger partial charge on any atom is 0.416 e. The van der Waals surface area contributed by atoms with E-state index in [0.717, 1.165) is 12.1 Å². The van der Waals surface area contributed by atoms with Gasteiger partial charge in [-0.15, -0.1) is 0 Å². The second-order valence-corrected chi connectivity index (χ2v) is 14.2. The van der Waals surface area contributed by atoms with Crippen molar-refractivity contribution in [2.45, 2.75) is 76.8 Å². The number of carboxylic acid groups (broad SMARTS) is 1. The van der Waals surface area contributed by atoms with Gasteiger partial charge in [-0.25, -0.2) is 9.97 Å². The van der Waals surface area contributed by atoms with E-state index in [2.05, 4.69) is 9.97 Å². The number of aromatic nitrogens is 2. The van der Waals surface area contributed by atoms with E-state index >= 15 is 0 Å². The van der Waals surface area contributed by atoms with Gasteiger partial charge in [-0.1, -0.05) is 0 Å². The Kier molecular flexibility index (Phi) is 14.0. The molecule has 0 radical (unpaired) electrons. The SMILES string of the molecule is CCN(C[C@H]1CC[C@H](CC(=O)O)[C@H](O)C1)c1ccc(C(F)(F)F)cc1CN(c1ncc(OCCSC)cn1)[C@@H](C)c1cc(C(F)(F)F)cc(C(F)(F)F)c1. The highest BCUT2D eigenvalue weighted by atomic mass is 32.2. The van der Waals surface area contributed by atoms with Crippen LogP contribution >= 0.6 is 11.8 Å². The van der Waals surface area contributed by atoms with Crippen molar-refractivity contribution in [3.63, 3.8) is 0 Å². The van der Waals surface area contributed by atoms with Gasteiger partial charge < -0.3 is 24.7 Å². The molecular formula is C36H41F9N4O4S. The highest BCUT2D eigenvalue weighted by Crippen LogP contribution is 2.41. The largest absolute Gasteiger partial charge is 0.489 e. The molecule has 2 N–H and O–H groups in total. The third kappa shape index (κ3) is 11.3. The molecule has 18 heteroatoms. The number of carboxylic acids is 1. The van der Waals surface area contributed by atoms with Crippen molar-refractivity contribution in [1.82, 2.24) is 9.97 Å². The Morgan fingerprint density at radius 1 is 0.944 bits per heavy atom. The van der Waals surface area contributed by atoms with Gasteiger partial charge in [0.05, 0.1) is 54.3 Å². The smallest absolute Gasteiger partial charge is 0.416 e. The number of halogens is 9. The number of hydrogen-bond acceptors (Lipinski definition) is 8. The molecule has 4 rings (SSSR count). The molecule has 54 heavy (non-hydrogen) atoms. The molecule has 1 aliphatic carbocycles. The van der Waals surface area contributed by atoms with E-state index in [9.17, 15) is 54.5 Å². The molecule has 4 atom stereocenters. The molecule has 0 saturated heterocycles. The van der Waals surface area contributed by atoms with Crippen molar-refractivity contribution in [2.75, 3.05) is 41.5 Å². The average molecular weight is 797 g/mol. The molecule has 298 valence electrons. The quantitative estimate of drug-likeness (QED) is 0.115. The van der Waals surface area contributed by atoms with E-state index in [-0.39, 0.29) is 61.8 Å². The molecule has 0 unspecified atom stereocenters. The molecule has 1 heterocycles. The van der Waals surface area contributed by atoms with Gasteiger partial charge in [-0.3, -0.25) is 4.79 Å². The lowest BCUT2D eigenvalue weighted by atomic mass is 9.78. The van der Waals surface area contributed by atoms with E-state index in [1.165, 1.54) is 42.0 Å². The Hall–Kier alpha value is -3.93. The van der Waals surface area contributed by atoms with Crippen LogP contribution in [0.3, 0.4) is 0 Å². The molecule has 0 amide bonds. The summed E-state index contributed by atoms with van der Waals surface area (Å²) in [5.41, 5.74) is -4.25. The monoisotopic (exact) mass is 796 g/mol. The number of rotatable bonds is 15. The van der Waals surface area contributed by atoms with Gasteiger partial charge in [-0.2, -0.15) is 51.3 Å². The lowest BCUT2D eigenvalue weighted by molar-refractivity contribution is -0.143. The molecule has 1 saturated carbocycles. The molecule has 8 nitrogen and oxygen atoms in total. The first-order valence-electron chi connectivity index (χ1n) is 17.1. The van der Waals surface area contributed by atoms with Crippen LogP contribution in [0, 0.1) is 11.8 Å². The van der Waals surface area contributed by atoms with Crippen LogP contribution in [0.1, 0.15) is 73.4 Å². The van der Waals surface area contributed by atoms with Crippen molar-refractivity contribution >= 4 is 29.4 Å². The predicted molar refractivity (Wildman–Crippen MR) is 185 cm³/mol. The fourth-order valence-corrected chi connectivity index (χ4v) is 6.82. The zero-order valence-corrected chi connectivity index (χ0v) is 30.4. The number of aliphatic hydroxyl groups excluding tert-OH is 1. The third-order valence-corrected chi connectivity index (χ3v) is 10.0. The number of benzene rings is 2. The Bertz CT molecular complexity index is 1680. The first-order valence-corrected chi connectivity index (χ1v) is 18.4. The van der Waals surface area contributed by atoms with Crippen LogP contribution in [0.15, 0.2) is 48.8 Å². The highest BCUT2D eigenvalue weighted by Gasteiger charge is 2.39. The number of hydrogen-bond donors (Lipinski definition) is 2. The fourth-order valence-electron chi connectivity index (χ4n) is 6.57. The zero-order chi connectivity index (χ0) is 40.0.